The molecule has 0 bridgehead atoms. The van der Waals surface area contributed by atoms with Crippen molar-refractivity contribution < 1.29 is 19.8 Å². The first-order chi connectivity index (χ1) is 11.9. The van der Waals surface area contributed by atoms with E-state index in [1.807, 2.05) is 0 Å². The Balaban J connectivity index is 2.02. The summed E-state index contributed by atoms with van der Waals surface area (Å²) >= 11 is 0. The monoisotopic (exact) mass is 340 g/mol. The third kappa shape index (κ3) is 3.07. The van der Waals surface area contributed by atoms with Crippen molar-refractivity contribution in [3.05, 3.63) is 64.0 Å². The molecule has 3 aromatic rings. The Hall–Kier alpha value is -3.24. The van der Waals surface area contributed by atoms with Gasteiger partial charge in [-0.25, -0.2) is 4.98 Å². The lowest BCUT2D eigenvalue weighted by Crippen LogP contribution is -2.29. The van der Waals surface area contributed by atoms with Gasteiger partial charge in [-0.3, -0.25) is 14.9 Å². The minimum absolute atomic E-state index is 0.0868. The lowest BCUT2D eigenvalue weighted by molar-refractivity contribution is -0.383. The number of imidazole rings is 1. The Bertz CT molecular complexity index is 968. The van der Waals surface area contributed by atoms with Gasteiger partial charge >= 0.3 is 12.8 Å². The Morgan fingerprint density at radius 3 is 2.48 bits per heavy atom. The lowest BCUT2D eigenvalue weighted by atomic mass is 9.80. The summed E-state index contributed by atoms with van der Waals surface area (Å²) in [5, 5.41) is 29.5. The van der Waals surface area contributed by atoms with Crippen LogP contribution >= 0.6 is 0 Å². The number of aromatic nitrogens is 2. The van der Waals surface area contributed by atoms with Crippen LogP contribution in [0.15, 0.2) is 42.7 Å². The van der Waals surface area contributed by atoms with Crippen LogP contribution in [0.3, 0.4) is 0 Å². The number of rotatable bonds is 5. The number of benzene rings is 2. The van der Waals surface area contributed by atoms with Gasteiger partial charge < -0.3 is 20.3 Å². The number of amides is 1. The van der Waals surface area contributed by atoms with Crippen molar-refractivity contribution >= 4 is 35.2 Å². The van der Waals surface area contributed by atoms with Crippen molar-refractivity contribution in [3.8, 4) is 0 Å². The van der Waals surface area contributed by atoms with Crippen LogP contribution in [-0.2, 0) is 6.54 Å². The highest BCUT2D eigenvalue weighted by Crippen LogP contribution is 2.28. The second-order valence-electron chi connectivity index (χ2n) is 5.44. The number of fused-ring (bicyclic) bond motifs is 1. The van der Waals surface area contributed by atoms with Crippen molar-refractivity contribution in [2.24, 2.45) is 5.73 Å². The van der Waals surface area contributed by atoms with E-state index in [9.17, 15) is 14.9 Å². The number of hydrogen-bond acceptors (Lipinski definition) is 6. The number of hydrogen-bond donors (Lipinski definition) is 3. The first-order valence-electron chi connectivity index (χ1n) is 7.25. The Morgan fingerprint density at radius 1 is 1.24 bits per heavy atom. The highest BCUT2D eigenvalue weighted by Gasteiger charge is 2.24. The van der Waals surface area contributed by atoms with E-state index >= 15 is 0 Å². The van der Waals surface area contributed by atoms with Crippen molar-refractivity contribution in [1.82, 2.24) is 9.55 Å². The van der Waals surface area contributed by atoms with Crippen molar-refractivity contribution in [1.29, 1.82) is 0 Å². The molecule has 9 nitrogen and oxygen atoms in total. The topological polar surface area (TPSA) is 145 Å². The van der Waals surface area contributed by atoms with Crippen LogP contribution in [0.2, 0.25) is 0 Å². The van der Waals surface area contributed by atoms with E-state index < -0.39 is 23.6 Å². The smallest absolute Gasteiger partial charge is 0.423 e. The molecular formula is C15H13BN4O5. The van der Waals surface area contributed by atoms with E-state index in [4.69, 9.17) is 15.8 Å². The van der Waals surface area contributed by atoms with Crippen molar-refractivity contribution in [2.75, 3.05) is 0 Å². The Kier molecular flexibility index (Phi) is 4.22. The zero-order valence-electron chi connectivity index (χ0n) is 12.9. The van der Waals surface area contributed by atoms with Gasteiger partial charge in [-0.05, 0) is 23.2 Å². The van der Waals surface area contributed by atoms with Crippen LogP contribution in [-0.4, -0.2) is 37.5 Å². The average Bonchev–Trinajstić information content (AvgIpc) is 2.97. The predicted octanol–water partition coefficient (Wildman–Crippen LogP) is -0.229. The van der Waals surface area contributed by atoms with Crippen LogP contribution in [0, 0.1) is 10.1 Å². The third-order valence-corrected chi connectivity index (χ3v) is 3.84. The Morgan fingerprint density at radius 2 is 1.92 bits per heavy atom. The summed E-state index contributed by atoms with van der Waals surface area (Å²) in [5.41, 5.74) is 6.36. The molecule has 25 heavy (non-hydrogen) atoms. The van der Waals surface area contributed by atoms with Crippen LogP contribution < -0.4 is 11.2 Å². The summed E-state index contributed by atoms with van der Waals surface area (Å²) in [6.07, 6.45) is 1.44. The lowest BCUT2D eigenvalue weighted by Gasteiger charge is -2.07. The first-order valence-corrected chi connectivity index (χ1v) is 7.25. The van der Waals surface area contributed by atoms with Crippen LogP contribution in [0.4, 0.5) is 5.69 Å². The van der Waals surface area contributed by atoms with Gasteiger partial charge in [0.2, 0.25) is 0 Å². The number of nitrogens with two attached hydrogens (primary N) is 1. The van der Waals surface area contributed by atoms with Crippen LogP contribution in [0.25, 0.3) is 11.0 Å². The van der Waals surface area contributed by atoms with Gasteiger partial charge in [0.1, 0.15) is 5.56 Å². The van der Waals surface area contributed by atoms with E-state index in [1.54, 1.807) is 34.9 Å². The molecule has 126 valence electrons. The summed E-state index contributed by atoms with van der Waals surface area (Å²) in [6, 6.07) is 9.45. The predicted molar refractivity (Wildman–Crippen MR) is 90.3 cm³/mol. The number of nitro benzene ring substituents is 1. The maximum Gasteiger partial charge on any atom is 0.488 e. The molecule has 3 rings (SSSR count). The summed E-state index contributed by atoms with van der Waals surface area (Å²) in [7, 11) is -1.54. The zero-order valence-corrected chi connectivity index (χ0v) is 12.9. The fourth-order valence-corrected chi connectivity index (χ4v) is 2.62. The third-order valence-electron chi connectivity index (χ3n) is 3.84. The molecule has 1 aromatic heterocycles. The van der Waals surface area contributed by atoms with E-state index in [0.29, 0.717) is 17.5 Å². The molecule has 0 radical (unpaired) electrons. The fourth-order valence-electron chi connectivity index (χ4n) is 2.62. The molecule has 0 saturated carbocycles. The van der Waals surface area contributed by atoms with Gasteiger partial charge in [0.15, 0.2) is 5.52 Å². The molecule has 0 saturated heterocycles. The quantitative estimate of drug-likeness (QED) is 0.332. The molecule has 0 unspecified atom stereocenters. The molecule has 2 aromatic carbocycles. The number of carbonyl (C=O) groups is 1. The second-order valence-corrected chi connectivity index (χ2v) is 5.44. The molecule has 1 heterocycles. The first kappa shape index (κ1) is 16.6. The number of nitro groups is 1. The number of nitrogens with zero attached hydrogens (tertiary/aromatic N) is 3. The molecule has 0 aliphatic heterocycles. The van der Waals surface area contributed by atoms with Crippen molar-refractivity contribution in [2.45, 2.75) is 6.54 Å². The van der Waals surface area contributed by atoms with E-state index in [2.05, 4.69) is 4.98 Å². The Labute approximate surface area is 141 Å². The highest BCUT2D eigenvalue weighted by atomic mass is 16.6. The normalized spacial score (nSPS) is 10.8. The molecule has 0 spiro atoms. The van der Waals surface area contributed by atoms with Crippen LogP contribution in [0.5, 0.6) is 0 Å². The second kappa shape index (κ2) is 6.34. The standard InChI is InChI=1S/C15H13BN4O5/c17-15(21)11-5-6-12-13(14(11)20(24)25)18-8-19(12)7-9-1-3-10(4-2-9)16(22)23/h1-6,8,22-23H,7H2,(H2,17,21). The van der Waals surface area contributed by atoms with Gasteiger partial charge in [-0.2, -0.15) is 0 Å². The van der Waals surface area contributed by atoms with E-state index in [1.165, 1.54) is 12.4 Å². The van der Waals surface area contributed by atoms with Crippen LogP contribution in [0.1, 0.15) is 15.9 Å². The SMILES string of the molecule is NC(=O)c1ccc2c(ncn2Cc2ccc(B(O)O)cc2)c1[N+](=O)[O-]. The zero-order chi connectivity index (χ0) is 18.1. The largest absolute Gasteiger partial charge is 0.488 e. The minimum Gasteiger partial charge on any atom is -0.423 e. The summed E-state index contributed by atoms with van der Waals surface area (Å²) < 4.78 is 1.69. The summed E-state index contributed by atoms with van der Waals surface area (Å²) in [4.78, 5) is 26.1. The summed E-state index contributed by atoms with van der Waals surface area (Å²) in [6.45, 7) is 0.366. The van der Waals surface area contributed by atoms with Crippen molar-refractivity contribution in [3.63, 3.8) is 0 Å². The van der Waals surface area contributed by atoms with E-state index in [-0.39, 0.29) is 11.1 Å². The molecule has 0 aliphatic carbocycles. The fraction of sp³-hybridized carbons (Fsp3) is 0.0667. The van der Waals surface area contributed by atoms with Gasteiger partial charge in [0.05, 0.1) is 16.8 Å². The number of primary amides is 1. The average molecular weight is 340 g/mol. The molecule has 0 atom stereocenters. The maximum absolute atomic E-state index is 11.4. The highest BCUT2D eigenvalue weighted by molar-refractivity contribution is 6.58. The minimum atomic E-state index is -1.54. The van der Waals surface area contributed by atoms with E-state index in [0.717, 1.165) is 5.56 Å². The van der Waals surface area contributed by atoms with Gasteiger partial charge in [0.25, 0.3) is 5.91 Å². The van der Waals surface area contributed by atoms with Gasteiger partial charge in [-0.1, -0.05) is 24.3 Å². The van der Waals surface area contributed by atoms with Gasteiger partial charge in [0, 0.05) is 6.54 Å². The molecule has 0 aliphatic rings. The molecule has 1 amide bonds. The molecule has 10 heteroatoms. The summed E-state index contributed by atoms with van der Waals surface area (Å²) in [5.74, 6) is -0.888. The molecular weight excluding hydrogens is 327 g/mol. The molecule has 0 fully saturated rings. The van der Waals surface area contributed by atoms with Gasteiger partial charge in [-0.15, -0.1) is 0 Å². The molecule has 4 N–H and O–H groups in total. The maximum atomic E-state index is 11.4. The number of carbonyl (C=O) groups excluding carboxylic acids is 1.